The number of H-pyrrole nitrogens is 1. The highest BCUT2D eigenvalue weighted by molar-refractivity contribution is 5.89. The lowest BCUT2D eigenvalue weighted by molar-refractivity contribution is -0.131. The number of aromatic nitrogens is 2. The number of nitrogens with zero attached hydrogens (tertiary/aromatic N) is 2. The zero-order chi connectivity index (χ0) is 31.1. The Morgan fingerprint density at radius 1 is 1.16 bits per heavy atom. The SMILES string of the molecule is COc1cc2ccc1OCCCN(C(=O)CN)CCCC(=O)N[C@@H](Cc1c[nH]c3ccccc13)C(=O)NCc1nc-2oc1C. The van der Waals surface area contributed by atoms with Crippen molar-refractivity contribution < 1.29 is 28.3 Å². The average molecular weight is 603 g/mol. The van der Waals surface area contributed by atoms with Crippen molar-refractivity contribution in [1.29, 1.82) is 0 Å². The fourth-order valence-corrected chi connectivity index (χ4v) is 5.28. The van der Waals surface area contributed by atoms with Crippen LogP contribution in [0, 0.1) is 6.92 Å². The number of carbonyl (C=O) groups is 3. The number of aromatic amines is 1. The van der Waals surface area contributed by atoms with E-state index < -0.39 is 6.04 Å². The number of nitrogens with one attached hydrogen (secondary N) is 3. The number of oxazole rings is 1. The van der Waals surface area contributed by atoms with Gasteiger partial charge < -0.3 is 40.1 Å². The number of hydrogen-bond donors (Lipinski definition) is 4. The second-order valence-corrected chi connectivity index (χ2v) is 10.7. The Labute approximate surface area is 255 Å². The van der Waals surface area contributed by atoms with E-state index in [0.717, 1.165) is 16.5 Å². The van der Waals surface area contributed by atoms with Crippen LogP contribution in [0.2, 0.25) is 0 Å². The zero-order valence-corrected chi connectivity index (χ0v) is 25.0. The Morgan fingerprint density at radius 2 is 1.98 bits per heavy atom. The summed E-state index contributed by atoms with van der Waals surface area (Å²) in [6.07, 6.45) is 3.25. The highest BCUT2D eigenvalue weighted by Crippen LogP contribution is 2.33. The summed E-state index contributed by atoms with van der Waals surface area (Å²) in [5.74, 6) is 1.17. The van der Waals surface area contributed by atoms with Gasteiger partial charge in [0, 0.05) is 48.6 Å². The summed E-state index contributed by atoms with van der Waals surface area (Å²) in [7, 11) is 1.55. The summed E-state index contributed by atoms with van der Waals surface area (Å²) in [5, 5.41) is 6.82. The standard InChI is InChI=1S/C32H38N6O6/c1-20-26-19-35-31(41)25(15-22-18-34-24-8-4-3-7-23(22)24)36-29(39)9-5-12-38(30(40)17-33)13-6-14-43-27-11-10-21(16-28(27)42-2)32(37-26)44-20/h3-4,7-8,10-11,16,18,25,34H,5-6,9,12-15,17,19,33H2,1-2H3,(H,35,41)(H,36,39)/t25-/m0/s1. The van der Waals surface area contributed by atoms with Crippen LogP contribution >= 0.6 is 0 Å². The molecular weight excluding hydrogens is 564 g/mol. The van der Waals surface area contributed by atoms with Crippen LogP contribution in [0.15, 0.2) is 53.1 Å². The molecular formula is C32H38N6O6. The van der Waals surface area contributed by atoms with Crippen molar-refractivity contribution >= 4 is 28.6 Å². The van der Waals surface area contributed by atoms with Crippen LogP contribution in [-0.2, 0) is 27.3 Å². The van der Waals surface area contributed by atoms with Crippen LogP contribution in [0.5, 0.6) is 11.5 Å². The van der Waals surface area contributed by atoms with Crippen molar-refractivity contribution in [3.8, 4) is 23.0 Å². The minimum absolute atomic E-state index is 0.114. The number of fused-ring (bicyclic) bond motifs is 16. The van der Waals surface area contributed by atoms with Gasteiger partial charge in [0.15, 0.2) is 11.5 Å². The number of carbonyl (C=O) groups excluding carboxylic acids is 3. The van der Waals surface area contributed by atoms with Gasteiger partial charge in [-0.15, -0.1) is 0 Å². The molecule has 0 unspecified atom stereocenters. The molecule has 3 amide bonds. The second kappa shape index (κ2) is 14.1. The molecule has 12 heteroatoms. The van der Waals surface area contributed by atoms with Crippen LogP contribution in [0.4, 0.5) is 0 Å². The molecule has 0 fully saturated rings. The predicted octanol–water partition coefficient (Wildman–Crippen LogP) is 2.83. The average Bonchev–Trinajstić information content (AvgIpc) is 3.62. The lowest BCUT2D eigenvalue weighted by Crippen LogP contribution is -2.48. The van der Waals surface area contributed by atoms with E-state index in [1.54, 1.807) is 31.1 Å². The molecule has 2 aromatic carbocycles. The summed E-state index contributed by atoms with van der Waals surface area (Å²) in [6.45, 7) is 2.89. The molecule has 2 aliphatic rings. The third-order valence-electron chi connectivity index (χ3n) is 7.67. The Hall–Kier alpha value is -4.84. The van der Waals surface area contributed by atoms with Crippen LogP contribution < -0.4 is 25.8 Å². The number of rotatable bonds is 4. The van der Waals surface area contributed by atoms with Crippen molar-refractivity contribution in [1.82, 2.24) is 25.5 Å². The summed E-state index contributed by atoms with van der Waals surface area (Å²) in [5.41, 5.74) is 8.76. The molecule has 0 aliphatic carbocycles. The van der Waals surface area contributed by atoms with E-state index in [9.17, 15) is 14.4 Å². The monoisotopic (exact) mass is 602 g/mol. The van der Waals surface area contributed by atoms with Gasteiger partial charge in [-0.2, -0.15) is 0 Å². The number of ether oxygens (including phenoxy) is 2. The predicted molar refractivity (Wildman–Crippen MR) is 164 cm³/mol. The van der Waals surface area contributed by atoms with E-state index >= 15 is 0 Å². The smallest absolute Gasteiger partial charge is 0.243 e. The first kappa shape index (κ1) is 30.6. The molecule has 4 aromatic rings. The normalized spacial score (nSPS) is 17.0. The van der Waals surface area contributed by atoms with Gasteiger partial charge in [-0.25, -0.2) is 4.98 Å². The zero-order valence-electron chi connectivity index (χ0n) is 25.0. The van der Waals surface area contributed by atoms with E-state index in [1.165, 1.54) is 0 Å². The molecule has 0 radical (unpaired) electrons. The largest absolute Gasteiger partial charge is 0.493 e. The number of methoxy groups -OCH3 is 1. The summed E-state index contributed by atoms with van der Waals surface area (Å²) < 4.78 is 17.4. The van der Waals surface area contributed by atoms with Gasteiger partial charge in [0.25, 0.3) is 0 Å². The summed E-state index contributed by atoms with van der Waals surface area (Å²) >= 11 is 0. The first-order chi connectivity index (χ1) is 21.4. The molecule has 1 atom stereocenters. The number of aryl methyl sites for hydroxylation is 1. The van der Waals surface area contributed by atoms with E-state index in [2.05, 4.69) is 20.6 Å². The molecule has 44 heavy (non-hydrogen) atoms. The molecule has 0 saturated heterocycles. The maximum atomic E-state index is 13.5. The third kappa shape index (κ3) is 7.20. The highest BCUT2D eigenvalue weighted by atomic mass is 16.5. The van der Waals surface area contributed by atoms with Gasteiger partial charge in [0.1, 0.15) is 17.5 Å². The Balaban J connectivity index is 1.41. The number of para-hydroxylation sites is 1. The third-order valence-corrected chi connectivity index (χ3v) is 7.67. The van der Waals surface area contributed by atoms with Crippen molar-refractivity contribution in [2.45, 2.75) is 45.2 Å². The van der Waals surface area contributed by atoms with Crippen LogP contribution in [0.25, 0.3) is 22.4 Å². The fourth-order valence-electron chi connectivity index (χ4n) is 5.28. The Kier molecular flexibility index (Phi) is 9.80. The van der Waals surface area contributed by atoms with Crippen LogP contribution in [-0.4, -0.2) is 72.0 Å². The molecule has 5 N–H and O–H groups in total. The minimum Gasteiger partial charge on any atom is -0.493 e. The quantitative estimate of drug-likeness (QED) is 0.277. The van der Waals surface area contributed by atoms with Crippen molar-refractivity contribution in [3.05, 3.63) is 65.7 Å². The maximum absolute atomic E-state index is 13.5. The second-order valence-electron chi connectivity index (χ2n) is 10.7. The Bertz CT molecular complexity index is 1630. The van der Waals surface area contributed by atoms with Crippen LogP contribution in [0.1, 0.15) is 36.3 Å². The summed E-state index contributed by atoms with van der Waals surface area (Å²) in [4.78, 5) is 48.6. The lowest BCUT2D eigenvalue weighted by atomic mass is 10.0. The van der Waals surface area contributed by atoms with Gasteiger partial charge >= 0.3 is 0 Å². The lowest BCUT2D eigenvalue weighted by Gasteiger charge is -2.23. The van der Waals surface area contributed by atoms with Crippen LogP contribution in [0.3, 0.4) is 0 Å². The van der Waals surface area contributed by atoms with Gasteiger partial charge in [0.05, 0.1) is 26.8 Å². The number of nitrogens with two attached hydrogens (primary N) is 1. The van der Waals surface area contributed by atoms with Crippen molar-refractivity contribution in [2.75, 3.05) is 33.4 Å². The molecule has 4 bridgehead atoms. The first-order valence-electron chi connectivity index (χ1n) is 14.7. The van der Waals surface area contributed by atoms with Gasteiger partial charge in [-0.05, 0) is 49.6 Å². The number of amides is 3. The van der Waals surface area contributed by atoms with E-state index in [1.807, 2.05) is 36.5 Å². The van der Waals surface area contributed by atoms with E-state index in [-0.39, 0.29) is 43.7 Å². The van der Waals surface area contributed by atoms with Crippen molar-refractivity contribution in [3.63, 3.8) is 0 Å². The molecule has 4 heterocycles. The topological polar surface area (TPSA) is 165 Å². The van der Waals surface area contributed by atoms with E-state index in [0.29, 0.717) is 66.9 Å². The molecule has 2 aromatic heterocycles. The minimum atomic E-state index is -0.835. The fraction of sp³-hybridized carbons (Fsp3) is 0.375. The van der Waals surface area contributed by atoms with Gasteiger partial charge in [-0.1, -0.05) is 18.2 Å². The van der Waals surface area contributed by atoms with Gasteiger partial charge in [-0.3, -0.25) is 14.4 Å². The molecule has 0 saturated carbocycles. The number of benzene rings is 2. The molecule has 6 rings (SSSR count). The van der Waals surface area contributed by atoms with E-state index in [4.69, 9.17) is 19.6 Å². The van der Waals surface area contributed by atoms with Crippen molar-refractivity contribution in [2.24, 2.45) is 5.73 Å². The first-order valence-corrected chi connectivity index (χ1v) is 14.7. The molecule has 12 nitrogen and oxygen atoms in total. The molecule has 2 aliphatic heterocycles. The molecule has 232 valence electrons. The van der Waals surface area contributed by atoms with Gasteiger partial charge in [0.2, 0.25) is 23.6 Å². The maximum Gasteiger partial charge on any atom is 0.243 e. The Morgan fingerprint density at radius 3 is 2.80 bits per heavy atom. The molecule has 0 spiro atoms. The number of hydrogen-bond acceptors (Lipinski definition) is 8. The highest BCUT2D eigenvalue weighted by Gasteiger charge is 2.24. The summed E-state index contributed by atoms with van der Waals surface area (Å²) in [6, 6.07) is 12.4.